The monoisotopic (exact) mass is 342 g/mol. The topological polar surface area (TPSA) is 72.0 Å². The van der Waals surface area contributed by atoms with E-state index in [1.165, 1.54) is 6.26 Å². The summed E-state index contributed by atoms with van der Waals surface area (Å²) < 4.78 is 28.5. The van der Waals surface area contributed by atoms with Crippen molar-refractivity contribution in [2.45, 2.75) is 11.8 Å². The highest BCUT2D eigenvalue weighted by Crippen LogP contribution is 2.24. The molecular formula is C18H18N2O3S. The maximum Gasteiger partial charge on any atom is 0.175 e. The number of nitrogens with one attached hydrogen (secondary N) is 1. The number of aromatic amines is 1. The van der Waals surface area contributed by atoms with Gasteiger partial charge in [0.25, 0.3) is 0 Å². The van der Waals surface area contributed by atoms with Crippen molar-refractivity contribution < 1.29 is 13.2 Å². The Labute approximate surface area is 141 Å². The van der Waals surface area contributed by atoms with E-state index in [1.54, 1.807) is 30.5 Å². The molecule has 0 bridgehead atoms. The zero-order chi connectivity index (χ0) is 17.2. The van der Waals surface area contributed by atoms with E-state index in [0.717, 1.165) is 22.6 Å². The smallest absolute Gasteiger partial charge is 0.175 e. The molecule has 0 amide bonds. The van der Waals surface area contributed by atoms with Gasteiger partial charge in [0.1, 0.15) is 11.6 Å². The zero-order valence-corrected chi connectivity index (χ0v) is 14.3. The van der Waals surface area contributed by atoms with Crippen molar-refractivity contribution in [3.05, 3.63) is 54.7 Å². The molecule has 124 valence electrons. The molecule has 1 heterocycles. The summed E-state index contributed by atoms with van der Waals surface area (Å²) in [5.41, 5.74) is 2.73. The minimum absolute atomic E-state index is 0.296. The minimum atomic E-state index is -3.19. The number of aromatic nitrogens is 2. The van der Waals surface area contributed by atoms with E-state index >= 15 is 0 Å². The van der Waals surface area contributed by atoms with Crippen LogP contribution in [0.1, 0.15) is 6.92 Å². The van der Waals surface area contributed by atoms with E-state index in [9.17, 15) is 8.42 Å². The summed E-state index contributed by atoms with van der Waals surface area (Å²) in [6.07, 6.45) is 2.95. The Bertz CT molecular complexity index is 927. The van der Waals surface area contributed by atoms with Gasteiger partial charge in [-0.25, -0.2) is 13.4 Å². The first-order valence-electron chi connectivity index (χ1n) is 7.56. The van der Waals surface area contributed by atoms with Crippen LogP contribution in [-0.2, 0) is 9.84 Å². The molecule has 1 N–H and O–H groups in total. The van der Waals surface area contributed by atoms with Gasteiger partial charge in [0.2, 0.25) is 0 Å². The highest BCUT2D eigenvalue weighted by molar-refractivity contribution is 7.90. The summed E-state index contributed by atoms with van der Waals surface area (Å²) in [7, 11) is -3.19. The van der Waals surface area contributed by atoms with Crippen LogP contribution in [-0.4, -0.2) is 31.2 Å². The van der Waals surface area contributed by atoms with Gasteiger partial charge in [-0.15, -0.1) is 0 Å². The summed E-state index contributed by atoms with van der Waals surface area (Å²) in [5.74, 6) is 1.52. The highest BCUT2D eigenvalue weighted by Gasteiger charge is 2.09. The maximum atomic E-state index is 11.5. The van der Waals surface area contributed by atoms with Crippen molar-refractivity contribution in [3.63, 3.8) is 0 Å². The Morgan fingerprint density at radius 1 is 1.00 bits per heavy atom. The number of hydrogen-bond donors (Lipinski definition) is 1. The quantitative estimate of drug-likeness (QED) is 0.770. The molecule has 0 aliphatic heterocycles. The van der Waals surface area contributed by atoms with E-state index < -0.39 is 9.84 Å². The van der Waals surface area contributed by atoms with Crippen LogP contribution in [0.15, 0.2) is 59.6 Å². The number of imidazole rings is 1. The van der Waals surface area contributed by atoms with Gasteiger partial charge in [-0.2, -0.15) is 0 Å². The number of nitrogens with zero attached hydrogens (tertiary/aromatic N) is 1. The van der Waals surface area contributed by atoms with Crippen molar-refractivity contribution in [1.82, 2.24) is 9.97 Å². The van der Waals surface area contributed by atoms with Crippen LogP contribution in [0.2, 0.25) is 0 Å². The second-order valence-electron chi connectivity index (χ2n) is 5.40. The third kappa shape index (κ3) is 3.49. The third-order valence-electron chi connectivity index (χ3n) is 3.61. The fraction of sp³-hybridized carbons (Fsp3) is 0.167. The van der Waals surface area contributed by atoms with E-state index in [0.29, 0.717) is 17.3 Å². The second-order valence-corrected chi connectivity index (χ2v) is 7.42. The van der Waals surface area contributed by atoms with E-state index in [1.807, 2.05) is 31.2 Å². The molecule has 24 heavy (non-hydrogen) atoms. The molecule has 0 radical (unpaired) electrons. The number of sulfone groups is 1. The summed E-state index contributed by atoms with van der Waals surface area (Å²) in [4.78, 5) is 7.93. The molecular weight excluding hydrogens is 324 g/mol. The Morgan fingerprint density at radius 2 is 1.62 bits per heavy atom. The lowest BCUT2D eigenvalue weighted by Crippen LogP contribution is -1.96. The van der Waals surface area contributed by atoms with E-state index in [2.05, 4.69) is 9.97 Å². The molecule has 2 aromatic carbocycles. The summed E-state index contributed by atoms with van der Waals surface area (Å²) in [6, 6.07) is 14.4. The number of ether oxygens (including phenoxy) is 1. The average molecular weight is 342 g/mol. The number of hydrogen-bond acceptors (Lipinski definition) is 4. The summed E-state index contributed by atoms with van der Waals surface area (Å²) in [6.45, 7) is 2.58. The molecule has 0 saturated carbocycles. The third-order valence-corrected chi connectivity index (χ3v) is 4.74. The molecule has 0 saturated heterocycles. The highest BCUT2D eigenvalue weighted by atomic mass is 32.2. The first-order valence-corrected chi connectivity index (χ1v) is 9.45. The van der Waals surface area contributed by atoms with Crippen LogP contribution in [0.3, 0.4) is 0 Å². The zero-order valence-electron chi connectivity index (χ0n) is 13.5. The lowest BCUT2D eigenvalue weighted by atomic mass is 10.1. The number of benzene rings is 2. The molecule has 0 aliphatic carbocycles. The Morgan fingerprint density at radius 3 is 2.21 bits per heavy atom. The van der Waals surface area contributed by atoms with Gasteiger partial charge in [-0.1, -0.05) is 0 Å². The molecule has 0 fully saturated rings. The predicted molar refractivity (Wildman–Crippen MR) is 93.7 cm³/mol. The van der Waals surface area contributed by atoms with Crippen molar-refractivity contribution in [3.8, 4) is 28.4 Å². The SMILES string of the molecule is CCOc1ccc(-c2cnc(-c3ccc(S(C)(=O)=O)cc3)[nH]2)cc1. The van der Waals surface area contributed by atoms with Crippen LogP contribution < -0.4 is 4.74 Å². The largest absolute Gasteiger partial charge is 0.494 e. The molecule has 3 aromatic rings. The molecule has 3 rings (SSSR count). The van der Waals surface area contributed by atoms with Crippen LogP contribution in [0.25, 0.3) is 22.6 Å². The maximum absolute atomic E-state index is 11.5. The normalized spacial score (nSPS) is 11.4. The molecule has 5 nitrogen and oxygen atoms in total. The van der Waals surface area contributed by atoms with Gasteiger partial charge in [0.05, 0.1) is 23.4 Å². The summed E-state index contributed by atoms with van der Waals surface area (Å²) >= 11 is 0. The van der Waals surface area contributed by atoms with Crippen molar-refractivity contribution >= 4 is 9.84 Å². The Kier molecular flexibility index (Phi) is 4.40. The predicted octanol–water partition coefficient (Wildman–Crippen LogP) is 3.55. The number of rotatable bonds is 5. The van der Waals surface area contributed by atoms with Crippen LogP contribution >= 0.6 is 0 Å². The van der Waals surface area contributed by atoms with Gasteiger partial charge < -0.3 is 9.72 Å². The van der Waals surface area contributed by atoms with Gasteiger partial charge in [0.15, 0.2) is 9.84 Å². The first-order chi connectivity index (χ1) is 11.5. The van der Waals surface area contributed by atoms with Crippen LogP contribution in [0.5, 0.6) is 5.75 Å². The van der Waals surface area contributed by atoms with E-state index in [4.69, 9.17) is 4.74 Å². The molecule has 6 heteroatoms. The number of H-pyrrole nitrogens is 1. The average Bonchev–Trinajstić information content (AvgIpc) is 3.05. The lowest BCUT2D eigenvalue weighted by Gasteiger charge is -2.03. The van der Waals surface area contributed by atoms with Crippen molar-refractivity contribution in [2.24, 2.45) is 0 Å². The van der Waals surface area contributed by atoms with Crippen molar-refractivity contribution in [1.29, 1.82) is 0 Å². The molecule has 0 unspecified atom stereocenters. The standard InChI is InChI=1S/C18H18N2O3S/c1-3-23-15-8-4-13(5-9-15)17-12-19-18(20-17)14-6-10-16(11-7-14)24(2,21)22/h4-12H,3H2,1-2H3,(H,19,20). The summed E-state index contributed by atoms with van der Waals surface area (Å²) in [5, 5.41) is 0. The second kappa shape index (κ2) is 6.49. The van der Waals surface area contributed by atoms with E-state index in [-0.39, 0.29) is 0 Å². The van der Waals surface area contributed by atoms with Crippen LogP contribution in [0.4, 0.5) is 0 Å². The lowest BCUT2D eigenvalue weighted by molar-refractivity contribution is 0.340. The Hall–Kier alpha value is -2.60. The van der Waals surface area contributed by atoms with Gasteiger partial charge in [-0.05, 0) is 61.0 Å². The first kappa shape index (κ1) is 16.3. The molecule has 0 spiro atoms. The van der Waals surface area contributed by atoms with Crippen LogP contribution in [0, 0.1) is 0 Å². The molecule has 0 aliphatic rings. The van der Waals surface area contributed by atoms with Gasteiger partial charge >= 0.3 is 0 Å². The van der Waals surface area contributed by atoms with Crippen molar-refractivity contribution in [2.75, 3.05) is 12.9 Å². The Balaban J connectivity index is 1.85. The van der Waals surface area contributed by atoms with Gasteiger partial charge in [0, 0.05) is 11.8 Å². The fourth-order valence-corrected chi connectivity index (χ4v) is 3.00. The minimum Gasteiger partial charge on any atom is -0.494 e. The van der Waals surface area contributed by atoms with Gasteiger partial charge in [-0.3, -0.25) is 0 Å². The fourth-order valence-electron chi connectivity index (χ4n) is 2.37. The molecule has 1 aromatic heterocycles. The molecule has 0 atom stereocenters.